The van der Waals surface area contributed by atoms with Crippen LogP contribution in [-0.4, -0.2) is 58.9 Å². The number of ether oxygens (including phenoxy) is 1. The minimum absolute atomic E-state index is 0.108. The Kier molecular flexibility index (Phi) is 7.64. The average Bonchev–Trinajstić information content (AvgIpc) is 3.83. The molecule has 4 aliphatic carbocycles. The normalized spacial score (nSPS) is 25.5. The van der Waals surface area contributed by atoms with Gasteiger partial charge in [0.15, 0.2) is 0 Å². The molecular weight excluding hydrogens is 605 g/mol. The van der Waals surface area contributed by atoms with Gasteiger partial charge in [-0.15, -0.1) is 0 Å². The number of hydrogen-bond acceptors (Lipinski definition) is 7. The van der Waals surface area contributed by atoms with E-state index < -0.39 is 0 Å². The van der Waals surface area contributed by atoms with E-state index in [9.17, 15) is 0 Å². The predicted octanol–water partition coefficient (Wildman–Crippen LogP) is 8.54. The van der Waals surface area contributed by atoms with Crippen molar-refractivity contribution in [3.8, 4) is 11.3 Å². The Morgan fingerprint density at radius 3 is 2.42 bits per heavy atom. The number of anilines is 1. The highest BCUT2D eigenvalue weighted by molar-refractivity contribution is 6.38. The molecule has 1 aromatic carbocycles. The highest BCUT2D eigenvalue weighted by Gasteiger charge is 2.48. The molecule has 3 aromatic heterocycles. The lowest BCUT2D eigenvalue weighted by Gasteiger charge is -2.52. The zero-order valence-electron chi connectivity index (χ0n) is 25.8. The van der Waals surface area contributed by atoms with Crippen LogP contribution >= 0.6 is 23.2 Å². The van der Waals surface area contributed by atoms with Crippen LogP contribution < -0.4 is 4.90 Å². The van der Waals surface area contributed by atoms with E-state index in [2.05, 4.69) is 63.4 Å². The van der Waals surface area contributed by atoms with Gasteiger partial charge in [-0.05, 0) is 86.9 Å². The Labute approximate surface area is 274 Å². The zero-order valence-corrected chi connectivity index (χ0v) is 27.3. The number of fused-ring (bicyclic) bond motifs is 4. The van der Waals surface area contributed by atoms with Crippen LogP contribution in [-0.2, 0) is 11.3 Å². The molecule has 2 bridgehead atoms. The molecule has 0 N–H and O–H groups in total. The minimum Gasteiger partial charge on any atom is -0.370 e. The largest absolute Gasteiger partial charge is 0.370 e. The topological polar surface area (TPSA) is 67.5 Å². The first kappa shape index (κ1) is 29.4. The summed E-state index contributed by atoms with van der Waals surface area (Å²) in [4.78, 5) is 13.8. The van der Waals surface area contributed by atoms with Gasteiger partial charge in [0, 0.05) is 67.2 Å². The third kappa shape index (κ3) is 5.67. The molecule has 4 heterocycles. The van der Waals surface area contributed by atoms with E-state index in [-0.39, 0.29) is 11.0 Å². The lowest BCUT2D eigenvalue weighted by atomic mass is 9.58. The summed E-state index contributed by atoms with van der Waals surface area (Å²) >= 11 is 13.1. The van der Waals surface area contributed by atoms with Crippen LogP contribution in [0.15, 0.2) is 53.5 Å². The smallest absolute Gasteiger partial charge is 0.145 e. The quantitative estimate of drug-likeness (QED) is 0.190. The van der Waals surface area contributed by atoms with Gasteiger partial charge in [0.1, 0.15) is 17.3 Å². The Hall–Kier alpha value is -2.97. The molecule has 4 saturated carbocycles. The second kappa shape index (κ2) is 11.7. The van der Waals surface area contributed by atoms with E-state index in [4.69, 9.17) is 37.4 Å². The predicted molar refractivity (Wildman–Crippen MR) is 180 cm³/mol. The summed E-state index contributed by atoms with van der Waals surface area (Å²) < 4.78 is 12.7. The molecule has 234 valence electrons. The Morgan fingerprint density at radius 2 is 1.71 bits per heavy atom. The maximum absolute atomic E-state index is 6.86. The summed E-state index contributed by atoms with van der Waals surface area (Å²) in [5.74, 6) is 2.44. The molecule has 0 spiro atoms. The van der Waals surface area contributed by atoms with Crippen molar-refractivity contribution >= 4 is 45.9 Å². The van der Waals surface area contributed by atoms with Gasteiger partial charge in [0.2, 0.25) is 0 Å². The molecule has 0 unspecified atom stereocenters. The van der Waals surface area contributed by atoms with Crippen LogP contribution in [0.5, 0.6) is 0 Å². The van der Waals surface area contributed by atoms with Crippen molar-refractivity contribution in [1.82, 2.24) is 20.0 Å². The summed E-state index contributed by atoms with van der Waals surface area (Å²) in [7, 11) is 2.19. The van der Waals surface area contributed by atoms with Crippen molar-refractivity contribution in [3.63, 3.8) is 0 Å². The lowest BCUT2D eigenvalue weighted by molar-refractivity contribution is -0.133. The third-order valence-electron chi connectivity index (χ3n) is 10.8. The summed E-state index contributed by atoms with van der Waals surface area (Å²) in [6, 6.07) is 8.95. The van der Waals surface area contributed by atoms with Crippen LogP contribution in [0.4, 0.5) is 5.82 Å². The first-order valence-electron chi connectivity index (χ1n) is 16.3. The van der Waals surface area contributed by atoms with E-state index in [1.165, 1.54) is 16.3 Å². The number of benzene rings is 1. The molecule has 1 saturated heterocycles. The van der Waals surface area contributed by atoms with Crippen molar-refractivity contribution in [3.05, 3.63) is 75.9 Å². The number of pyridine rings is 2. The van der Waals surface area contributed by atoms with Crippen LogP contribution in [0, 0.1) is 5.41 Å². The van der Waals surface area contributed by atoms with Crippen LogP contribution in [0.2, 0.25) is 10.0 Å². The number of rotatable bonds is 8. The fourth-order valence-corrected chi connectivity index (χ4v) is 8.19. The summed E-state index contributed by atoms with van der Waals surface area (Å²) in [6.07, 6.45) is 18.8. The zero-order chi connectivity index (χ0) is 30.6. The molecule has 1 aliphatic heterocycles. The number of piperazine rings is 1. The van der Waals surface area contributed by atoms with E-state index in [0.717, 1.165) is 94.7 Å². The fraction of sp³-hybridized carbons (Fsp3) is 0.472. The van der Waals surface area contributed by atoms with Gasteiger partial charge in [-0.1, -0.05) is 52.6 Å². The molecule has 9 heteroatoms. The first-order valence-corrected chi connectivity index (χ1v) is 17.1. The number of aromatic nitrogens is 3. The molecule has 0 amide bonds. The van der Waals surface area contributed by atoms with Gasteiger partial charge in [0.25, 0.3) is 0 Å². The maximum atomic E-state index is 6.86. The Bertz CT molecular complexity index is 1710. The highest BCUT2D eigenvalue weighted by Crippen LogP contribution is 2.55. The van der Waals surface area contributed by atoms with E-state index in [1.54, 1.807) is 12.4 Å². The van der Waals surface area contributed by atoms with E-state index >= 15 is 0 Å². The highest BCUT2D eigenvalue weighted by atomic mass is 35.5. The van der Waals surface area contributed by atoms with Crippen LogP contribution in [0.3, 0.4) is 0 Å². The monoisotopic (exact) mass is 643 g/mol. The van der Waals surface area contributed by atoms with Gasteiger partial charge in [-0.2, -0.15) is 0 Å². The average molecular weight is 645 g/mol. The third-order valence-corrected chi connectivity index (χ3v) is 11.4. The van der Waals surface area contributed by atoms with Gasteiger partial charge in [-0.25, -0.2) is 4.98 Å². The molecule has 45 heavy (non-hydrogen) atoms. The molecule has 4 aromatic rings. The van der Waals surface area contributed by atoms with Crippen molar-refractivity contribution < 1.29 is 9.26 Å². The second-order valence-corrected chi connectivity index (χ2v) is 14.5. The fourth-order valence-electron chi connectivity index (χ4n) is 7.65. The maximum Gasteiger partial charge on any atom is 0.145 e. The van der Waals surface area contributed by atoms with Gasteiger partial charge < -0.3 is 19.1 Å². The second-order valence-electron chi connectivity index (χ2n) is 13.7. The van der Waals surface area contributed by atoms with E-state index in [1.807, 2.05) is 6.20 Å². The molecule has 7 nitrogen and oxygen atoms in total. The van der Waals surface area contributed by atoms with Crippen LogP contribution in [0.1, 0.15) is 74.2 Å². The van der Waals surface area contributed by atoms with Gasteiger partial charge in [0.05, 0.1) is 22.3 Å². The molecule has 5 aliphatic rings. The van der Waals surface area contributed by atoms with Crippen LogP contribution in [0.25, 0.3) is 28.1 Å². The minimum atomic E-state index is -0.108. The molecule has 9 rings (SSSR count). The van der Waals surface area contributed by atoms with Gasteiger partial charge >= 0.3 is 0 Å². The van der Waals surface area contributed by atoms with Gasteiger partial charge in [-0.3, -0.25) is 4.98 Å². The number of likely N-dealkylation sites (N-methyl/N-ethyl adjacent to an activating group) is 1. The molecule has 0 radical (unpaired) electrons. The number of nitrogens with zero attached hydrogens (tertiary/aromatic N) is 5. The van der Waals surface area contributed by atoms with Crippen molar-refractivity contribution in [2.45, 2.75) is 69.5 Å². The Balaban J connectivity index is 0.971. The first-order chi connectivity index (χ1) is 21.9. The standard InChI is InChI=1S/C36H39Cl2N5O2/c1-42-16-18-43(19-17-42)34-27-20-24(2-3-25(27)7-15-40-34)6-8-35-9-12-36(13-10-35,14-11-35)44-23-28-32(41-45-33(28)26-4-5-26)31-29(37)21-39-22-30(31)38/h2-3,6-8,15,20-22,26H,4-5,9-14,16-19,23H2,1H3/b8-6+. The molecule has 5 fully saturated rings. The summed E-state index contributed by atoms with van der Waals surface area (Å²) in [5.41, 5.74) is 3.73. The molecule has 0 atom stereocenters. The number of halogens is 2. The SMILES string of the molecule is CN1CCN(c2nccc3ccc(/C=C/C45CCC(OCc6c(-c7c(Cl)cncc7Cl)noc6C6CC6)(CC4)CC5)cc23)CC1. The van der Waals surface area contributed by atoms with Crippen molar-refractivity contribution in [2.75, 3.05) is 38.1 Å². The van der Waals surface area contributed by atoms with Crippen molar-refractivity contribution in [2.24, 2.45) is 5.41 Å². The number of allylic oxidation sites excluding steroid dienone is 1. The lowest BCUT2D eigenvalue weighted by Crippen LogP contribution is -2.46. The number of hydrogen-bond donors (Lipinski definition) is 0. The summed E-state index contributed by atoms with van der Waals surface area (Å²) in [6.45, 7) is 4.63. The molecular formula is C36H39Cl2N5O2. The Morgan fingerprint density at radius 1 is 0.978 bits per heavy atom. The van der Waals surface area contributed by atoms with E-state index in [0.29, 0.717) is 33.8 Å². The van der Waals surface area contributed by atoms with Crippen molar-refractivity contribution in [1.29, 1.82) is 0 Å². The summed E-state index contributed by atoms with van der Waals surface area (Å²) in [5, 5.41) is 7.89.